The summed E-state index contributed by atoms with van der Waals surface area (Å²) in [5.41, 5.74) is 0. The van der Waals surface area contributed by atoms with E-state index < -0.39 is 10.4 Å². The van der Waals surface area contributed by atoms with Gasteiger partial charge in [-0.1, -0.05) is 53.3 Å². The molecular weight excluding hydrogens is 396 g/mol. The Kier molecular flexibility index (Phi) is 20.7. The van der Waals surface area contributed by atoms with E-state index in [1.807, 2.05) is 34.6 Å². The number of carbonyl (C=O) groups excluding carboxylic acids is 2. The number of nitrogens with zero attached hydrogens (tertiary/aromatic N) is 2. The summed E-state index contributed by atoms with van der Waals surface area (Å²) in [5, 5.41) is 8.16. The van der Waals surface area contributed by atoms with Gasteiger partial charge < -0.3 is 8.37 Å². The summed E-state index contributed by atoms with van der Waals surface area (Å²) >= 11 is 0. The lowest BCUT2D eigenvalue weighted by atomic mass is 10.3. The van der Waals surface area contributed by atoms with Crippen molar-refractivity contribution in [2.24, 2.45) is 0 Å². The number of hydrogen-bond acceptors (Lipinski definition) is 7. The lowest BCUT2D eigenvalue weighted by Gasteiger charge is -2.04. The molecule has 0 fully saturated rings. The van der Waals surface area contributed by atoms with Crippen molar-refractivity contribution in [3.63, 3.8) is 0 Å². The van der Waals surface area contributed by atoms with Gasteiger partial charge in [0.05, 0.1) is 12.1 Å². The molecule has 0 unspecified atom stereocenters. The van der Waals surface area contributed by atoms with Crippen molar-refractivity contribution in [3.8, 4) is 6.07 Å². The van der Waals surface area contributed by atoms with E-state index in [1.54, 1.807) is 12.1 Å². The zero-order chi connectivity index (χ0) is 23.3. The summed E-state index contributed by atoms with van der Waals surface area (Å²) < 4.78 is 31.4. The molecule has 29 heavy (non-hydrogen) atoms. The van der Waals surface area contributed by atoms with E-state index in [2.05, 4.69) is 14.9 Å². The maximum absolute atomic E-state index is 11.2. The van der Waals surface area contributed by atoms with E-state index in [4.69, 9.17) is 5.26 Å². The summed E-state index contributed by atoms with van der Waals surface area (Å²) in [4.78, 5) is 21.9. The molecule has 0 spiro atoms. The van der Waals surface area contributed by atoms with E-state index in [0.717, 1.165) is 23.7 Å². The summed E-state index contributed by atoms with van der Waals surface area (Å²) in [6.45, 7) is 13.3. The van der Waals surface area contributed by atoms with Crippen molar-refractivity contribution in [3.05, 3.63) is 61.1 Å². The molecule has 1 rings (SSSR count). The largest absolute Gasteiger partial charge is 0.500 e. The number of hydrogen-bond donors (Lipinski definition) is 0. The van der Waals surface area contributed by atoms with Crippen molar-refractivity contribution >= 4 is 22.2 Å². The van der Waals surface area contributed by atoms with Gasteiger partial charge >= 0.3 is 10.4 Å². The fraction of sp³-hybridized carbons (Fsp3) is 0.350. The van der Waals surface area contributed by atoms with Crippen LogP contribution in [-0.4, -0.2) is 32.2 Å². The van der Waals surface area contributed by atoms with Crippen molar-refractivity contribution in [1.29, 1.82) is 5.26 Å². The highest BCUT2D eigenvalue weighted by Crippen LogP contribution is 2.08. The van der Waals surface area contributed by atoms with Crippen LogP contribution in [0.4, 0.5) is 0 Å². The maximum Gasteiger partial charge on any atom is 0.500 e. The van der Waals surface area contributed by atoms with Crippen molar-refractivity contribution in [1.82, 2.24) is 4.90 Å². The van der Waals surface area contributed by atoms with E-state index in [-0.39, 0.29) is 17.6 Å². The van der Waals surface area contributed by atoms with Gasteiger partial charge in [-0.25, -0.2) is 0 Å². The fourth-order valence-corrected chi connectivity index (χ4v) is 1.78. The summed E-state index contributed by atoms with van der Waals surface area (Å²) in [6.07, 6.45) is 10.8. The summed E-state index contributed by atoms with van der Waals surface area (Å²) in [6, 6.07) is 1.58. The van der Waals surface area contributed by atoms with Gasteiger partial charge in [-0.15, -0.1) is 8.42 Å². The van der Waals surface area contributed by atoms with Crippen LogP contribution < -0.4 is 0 Å². The molecule has 0 atom stereocenters. The molecule has 1 aliphatic rings. The van der Waals surface area contributed by atoms with Gasteiger partial charge in [0.25, 0.3) is 11.8 Å². The molecule has 0 bridgehead atoms. The highest BCUT2D eigenvalue weighted by Gasteiger charge is 2.17. The highest BCUT2D eigenvalue weighted by atomic mass is 32.3. The topological polar surface area (TPSA) is 114 Å². The average Bonchev–Trinajstić information content (AvgIpc) is 3.00. The van der Waals surface area contributed by atoms with E-state index in [9.17, 15) is 18.0 Å². The molecule has 8 nitrogen and oxygen atoms in total. The molecule has 162 valence electrons. The zero-order valence-electron chi connectivity index (χ0n) is 17.8. The third-order valence-electron chi connectivity index (χ3n) is 2.34. The van der Waals surface area contributed by atoms with Crippen LogP contribution >= 0.6 is 0 Å². The lowest BCUT2D eigenvalue weighted by Crippen LogP contribution is -2.24. The monoisotopic (exact) mass is 426 g/mol. The van der Waals surface area contributed by atoms with Crippen LogP contribution in [0, 0.1) is 11.3 Å². The minimum absolute atomic E-state index is 0.0761. The maximum atomic E-state index is 11.2. The number of rotatable bonds is 7. The van der Waals surface area contributed by atoms with Gasteiger partial charge in [-0.2, -0.15) is 5.26 Å². The predicted molar refractivity (Wildman–Crippen MR) is 113 cm³/mol. The van der Waals surface area contributed by atoms with Gasteiger partial charge in [0.15, 0.2) is 0 Å². The van der Waals surface area contributed by atoms with Crippen LogP contribution in [0.25, 0.3) is 0 Å². The van der Waals surface area contributed by atoms with Crippen molar-refractivity contribution < 1.29 is 26.4 Å². The van der Waals surface area contributed by atoms with Crippen LogP contribution in [0.2, 0.25) is 0 Å². The van der Waals surface area contributed by atoms with E-state index in [0.29, 0.717) is 0 Å². The van der Waals surface area contributed by atoms with E-state index in [1.165, 1.54) is 37.4 Å². The van der Waals surface area contributed by atoms with Gasteiger partial charge in [-0.3, -0.25) is 14.5 Å². The smallest absolute Gasteiger partial charge is 0.360 e. The standard InChI is InChI=1S/C11H13NO4S.C5H5NO2.2C2H6/c1-3-5-8-11(7-4-2)16-17(13,14)15-10-6-9-12;1-6-4(7)2-3-5(6)8;2*1-2/h4-8,10H,2-3H2,1H3;2-3H,1H3;2*1-2H3/b8-5-,10-6+,11-7+;;;. The highest BCUT2D eigenvalue weighted by molar-refractivity contribution is 7.82. The quantitative estimate of drug-likeness (QED) is 0.262. The predicted octanol–water partition coefficient (Wildman–Crippen LogP) is 3.93. The molecular formula is C20H30N2O6S. The minimum Gasteiger partial charge on any atom is -0.360 e. The number of carbonyl (C=O) groups is 2. The number of amides is 2. The van der Waals surface area contributed by atoms with Gasteiger partial charge in [0, 0.05) is 19.2 Å². The molecule has 2 amide bonds. The molecule has 0 saturated heterocycles. The Labute approximate surface area is 174 Å². The summed E-state index contributed by atoms with van der Waals surface area (Å²) in [7, 11) is -2.76. The molecule has 0 aromatic carbocycles. The first kappa shape index (κ1) is 30.6. The second-order valence-electron chi connectivity index (χ2n) is 4.20. The molecule has 1 aliphatic heterocycles. The molecule has 1 heterocycles. The van der Waals surface area contributed by atoms with E-state index >= 15 is 0 Å². The molecule has 0 aliphatic carbocycles. The molecule has 0 aromatic heterocycles. The van der Waals surface area contributed by atoms with Crippen LogP contribution in [0.15, 0.2) is 61.1 Å². The first-order valence-corrected chi connectivity index (χ1v) is 10.3. The van der Waals surface area contributed by atoms with Crippen molar-refractivity contribution in [2.75, 3.05) is 7.05 Å². The first-order valence-electron chi connectivity index (χ1n) is 8.93. The number of likely N-dealkylation sites (N-methyl/N-ethyl adjacent to an activating group) is 1. The molecule has 0 saturated carbocycles. The second-order valence-corrected chi connectivity index (χ2v) is 5.38. The zero-order valence-corrected chi connectivity index (χ0v) is 18.6. The van der Waals surface area contributed by atoms with Crippen LogP contribution in [0.3, 0.4) is 0 Å². The third-order valence-corrected chi connectivity index (χ3v) is 3.09. The van der Waals surface area contributed by atoms with Gasteiger partial charge in [-0.05, 0) is 18.6 Å². The number of nitriles is 1. The minimum atomic E-state index is -4.21. The first-order chi connectivity index (χ1) is 13.8. The Balaban J connectivity index is -0.000000465. The molecule has 0 aromatic rings. The van der Waals surface area contributed by atoms with Crippen molar-refractivity contribution in [2.45, 2.75) is 41.0 Å². The Bertz CT molecular complexity index is 738. The Morgan fingerprint density at radius 1 is 1.21 bits per heavy atom. The normalized spacial score (nSPS) is 12.9. The van der Waals surface area contributed by atoms with Crippen LogP contribution in [0.1, 0.15) is 41.0 Å². The number of imide groups is 1. The van der Waals surface area contributed by atoms with Gasteiger partial charge in [0.1, 0.15) is 12.0 Å². The SMILES string of the molecule is C=C/C=C(\C=C/CC)OS(=O)(=O)O/C=C/C#N.CC.CC.CN1C(=O)C=CC1=O. The van der Waals surface area contributed by atoms with Crippen LogP contribution in [0.5, 0.6) is 0 Å². The lowest BCUT2D eigenvalue weighted by molar-refractivity contribution is -0.135. The fourth-order valence-electron chi connectivity index (χ4n) is 1.20. The van der Waals surface area contributed by atoms with Crippen LogP contribution in [-0.2, 0) is 28.4 Å². The number of allylic oxidation sites excluding steroid dienone is 5. The molecule has 9 heteroatoms. The Morgan fingerprint density at radius 3 is 2.07 bits per heavy atom. The molecule has 0 radical (unpaired) electrons. The average molecular weight is 427 g/mol. The second kappa shape index (κ2) is 19.6. The van der Waals surface area contributed by atoms with Gasteiger partial charge in [0.2, 0.25) is 0 Å². The third kappa shape index (κ3) is 16.8. The Hall–Kier alpha value is -3.12. The molecule has 0 N–H and O–H groups in total. The summed E-state index contributed by atoms with van der Waals surface area (Å²) in [5.74, 6) is -0.405. The Morgan fingerprint density at radius 2 is 1.72 bits per heavy atom.